The van der Waals surface area contributed by atoms with Gasteiger partial charge in [0.05, 0.1) is 17.7 Å². The maximum atomic E-state index is 12.3. The van der Waals surface area contributed by atoms with E-state index in [0.29, 0.717) is 27.1 Å². The fraction of sp³-hybridized carbons (Fsp3) is 0.150. The van der Waals surface area contributed by atoms with E-state index >= 15 is 0 Å². The van der Waals surface area contributed by atoms with Crippen molar-refractivity contribution in [3.05, 3.63) is 57.4 Å². The number of halogens is 1. The lowest BCUT2D eigenvalue weighted by Gasteiger charge is -2.14. The summed E-state index contributed by atoms with van der Waals surface area (Å²) in [7, 11) is 1.46. The molecule has 1 atom stereocenters. The van der Waals surface area contributed by atoms with Crippen LogP contribution in [0.5, 0.6) is 11.5 Å². The van der Waals surface area contributed by atoms with E-state index < -0.39 is 12.1 Å². The van der Waals surface area contributed by atoms with Crippen LogP contribution >= 0.6 is 27.7 Å². The molecule has 0 aliphatic carbocycles. The fourth-order valence-corrected chi connectivity index (χ4v) is 3.48. The van der Waals surface area contributed by atoms with Crippen molar-refractivity contribution in [3.8, 4) is 11.5 Å². The summed E-state index contributed by atoms with van der Waals surface area (Å²) in [6.07, 6.45) is 0.693. The third kappa shape index (κ3) is 5.39. The van der Waals surface area contributed by atoms with Gasteiger partial charge in [-0.1, -0.05) is 22.0 Å². The van der Waals surface area contributed by atoms with Gasteiger partial charge in [0.2, 0.25) is 0 Å². The highest BCUT2D eigenvalue weighted by Gasteiger charge is 2.24. The summed E-state index contributed by atoms with van der Waals surface area (Å²) < 4.78 is 11.6. The number of ether oxygens (including phenoxy) is 2. The molecule has 1 aliphatic heterocycles. The Morgan fingerprint density at radius 1 is 1.24 bits per heavy atom. The highest BCUT2D eigenvalue weighted by Crippen LogP contribution is 2.32. The molecular weight excluding hydrogens is 460 g/mol. The first kappa shape index (κ1) is 20.9. The summed E-state index contributed by atoms with van der Waals surface area (Å²) in [5.41, 5.74) is 1.44. The molecule has 3 rings (SSSR count). The van der Waals surface area contributed by atoms with Crippen molar-refractivity contribution >= 4 is 56.5 Å². The second-order valence-corrected chi connectivity index (χ2v) is 7.91. The van der Waals surface area contributed by atoms with Gasteiger partial charge < -0.3 is 19.9 Å². The van der Waals surface area contributed by atoms with E-state index in [1.54, 1.807) is 24.3 Å². The predicted octanol–water partition coefficient (Wildman–Crippen LogP) is 4.20. The Bertz CT molecular complexity index is 1000. The van der Waals surface area contributed by atoms with Gasteiger partial charge in [0.15, 0.2) is 22.8 Å². The van der Waals surface area contributed by atoms with E-state index in [2.05, 4.69) is 26.2 Å². The number of methoxy groups -OCH3 is 1. The number of aliphatic carboxylic acids is 1. The molecule has 1 aliphatic rings. The number of amides is 1. The van der Waals surface area contributed by atoms with Gasteiger partial charge in [-0.15, -0.1) is 0 Å². The molecule has 0 radical (unpaired) electrons. The largest absolute Gasteiger partial charge is 0.493 e. The van der Waals surface area contributed by atoms with Gasteiger partial charge >= 0.3 is 5.97 Å². The first-order valence-electron chi connectivity index (χ1n) is 8.48. The SMILES string of the molecule is COc1cc(/C=C2\SC(=Nc3ccc(Br)cc3)NC2=O)ccc1O[C@@H](C)C(=O)O. The van der Waals surface area contributed by atoms with Crippen LogP contribution in [-0.2, 0) is 9.59 Å². The van der Waals surface area contributed by atoms with Gasteiger partial charge in [0, 0.05) is 4.47 Å². The Kier molecular flexibility index (Phi) is 6.60. The molecule has 2 aromatic carbocycles. The minimum Gasteiger partial charge on any atom is -0.493 e. The number of nitrogens with one attached hydrogen (secondary N) is 1. The molecule has 29 heavy (non-hydrogen) atoms. The van der Waals surface area contributed by atoms with Crippen LogP contribution in [-0.4, -0.2) is 35.4 Å². The number of aliphatic imine (C=N–C) groups is 1. The standard InChI is InChI=1S/C20H17BrN2O5S/c1-11(19(25)26)28-15-8-3-12(9-16(15)27-2)10-17-18(24)23-20(29-17)22-14-6-4-13(21)5-7-14/h3-11H,1-2H3,(H,25,26)(H,22,23,24)/b17-10-/t11-/m0/s1. The number of amidine groups is 1. The van der Waals surface area contributed by atoms with Crippen molar-refractivity contribution in [2.45, 2.75) is 13.0 Å². The van der Waals surface area contributed by atoms with Crippen molar-refractivity contribution in [2.24, 2.45) is 4.99 Å². The molecule has 0 saturated carbocycles. The Hall–Kier alpha value is -2.78. The highest BCUT2D eigenvalue weighted by atomic mass is 79.9. The van der Waals surface area contributed by atoms with Crippen LogP contribution in [0.25, 0.3) is 6.08 Å². The Labute approximate surface area is 179 Å². The molecule has 2 aromatic rings. The number of thioether (sulfide) groups is 1. The van der Waals surface area contributed by atoms with Gasteiger partial charge in [0.1, 0.15) is 0 Å². The topological polar surface area (TPSA) is 97.2 Å². The van der Waals surface area contributed by atoms with Crippen LogP contribution in [0.15, 0.2) is 56.8 Å². The molecule has 0 unspecified atom stereocenters. The summed E-state index contributed by atoms with van der Waals surface area (Å²) >= 11 is 4.60. The zero-order valence-corrected chi connectivity index (χ0v) is 17.9. The molecule has 1 fully saturated rings. The number of carbonyl (C=O) groups is 2. The molecule has 0 spiro atoms. The van der Waals surface area contributed by atoms with E-state index in [4.69, 9.17) is 14.6 Å². The lowest BCUT2D eigenvalue weighted by Crippen LogP contribution is -2.23. The Morgan fingerprint density at radius 3 is 2.62 bits per heavy atom. The third-order valence-electron chi connectivity index (χ3n) is 3.85. The van der Waals surface area contributed by atoms with E-state index in [0.717, 1.165) is 10.2 Å². The first-order valence-corrected chi connectivity index (χ1v) is 10.1. The summed E-state index contributed by atoms with van der Waals surface area (Å²) in [6.45, 7) is 1.43. The number of carboxylic acids is 1. The molecular formula is C20H17BrN2O5S. The molecule has 9 heteroatoms. The van der Waals surface area contributed by atoms with Crippen molar-refractivity contribution in [3.63, 3.8) is 0 Å². The minimum absolute atomic E-state index is 0.246. The molecule has 0 aromatic heterocycles. The number of carboxylic acid groups (broad SMARTS) is 1. The van der Waals surface area contributed by atoms with E-state index in [1.165, 1.54) is 25.8 Å². The van der Waals surface area contributed by atoms with Gasteiger partial charge in [-0.25, -0.2) is 9.79 Å². The molecule has 1 heterocycles. The van der Waals surface area contributed by atoms with Gasteiger partial charge in [0.25, 0.3) is 5.91 Å². The number of nitrogens with zero attached hydrogens (tertiary/aromatic N) is 1. The molecule has 150 valence electrons. The van der Waals surface area contributed by atoms with Crippen LogP contribution in [0.2, 0.25) is 0 Å². The van der Waals surface area contributed by atoms with Gasteiger partial charge in [-0.3, -0.25) is 4.79 Å². The second-order valence-electron chi connectivity index (χ2n) is 5.97. The first-order chi connectivity index (χ1) is 13.9. The number of hydrogen-bond donors (Lipinski definition) is 2. The van der Waals surface area contributed by atoms with E-state index in [-0.39, 0.29) is 5.91 Å². The van der Waals surface area contributed by atoms with Crippen molar-refractivity contribution < 1.29 is 24.2 Å². The van der Waals surface area contributed by atoms with Crippen LogP contribution in [0.3, 0.4) is 0 Å². The quantitative estimate of drug-likeness (QED) is 0.606. The Morgan fingerprint density at radius 2 is 1.97 bits per heavy atom. The Balaban J connectivity index is 1.79. The number of benzene rings is 2. The molecule has 1 amide bonds. The third-order valence-corrected chi connectivity index (χ3v) is 5.28. The maximum absolute atomic E-state index is 12.3. The number of carbonyl (C=O) groups excluding carboxylic acids is 1. The summed E-state index contributed by atoms with van der Waals surface area (Å²) in [5, 5.41) is 12.2. The van der Waals surface area contributed by atoms with Crippen LogP contribution in [0.1, 0.15) is 12.5 Å². The van der Waals surface area contributed by atoms with Crippen molar-refractivity contribution in [1.82, 2.24) is 5.32 Å². The zero-order chi connectivity index (χ0) is 21.0. The van der Waals surface area contributed by atoms with Crippen molar-refractivity contribution in [2.75, 3.05) is 7.11 Å². The molecule has 7 nitrogen and oxygen atoms in total. The van der Waals surface area contributed by atoms with Crippen molar-refractivity contribution in [1.29, 1.82) is 0 Å². The highest BCUT2D eigenvalue weighted by molar-refractivity contribution is 9.10. The lowest BCUT2D eigenvalue weighted by molar-refractivity contribution is -0.144. The normalized spacial score (nSPS) is 17.3. The zero-order valence-electron chi connectivity index (χ0n) is 15.5. The number of hydrogen-bond acceptors (Lipinski definition) is 6. The van der Waals surface area contributed by atoms with E-state index in [9.17, 15) is 9.59 Å². The summed E-state index contributed by atoms with van der Waals surface area (Å²) in [6, 6.07) is 12.4. The second kappa shape index (κ2) is 9.15. The van der Waals surface area contributed by atoms with Crippen LogP contribution < -0.4 is 14.8 Å². The van der Waals surface area contributed by atoms with Gasteiger partial charge in [-0.05, 0) is 66.7 Å². The smallest absolute Gasteiger partial charge is 0.344 e. The van der Waals surface area contributed by atoms with Crippen LogP contribution in [0, 0.1) is 0 Å². The summed E-state index contributed by atoms with van der Waals surface area (Å²) in [4.78, 5) is 28.2. The average molecular weight is 477 g/mol. The minimum atomic E-state index is -1.07. The van der Waals surface area contributed by atoms with E-state index in [1.807, 2.05) is 24.3 Å². The average Bonchev–Trinajstić information content (AvgIpc) is 3.03. The van der Waals surface area contributed by atoms with Crippen LogP contribution in [0.4, 0.5) is 5.69 Å². The predicted molar refractivity (Wildman–Crippen MR) is 116 cm³/mol. The summed E-state index contributed by atoms with van der Waals surface area (Å²) in [5.74, 6) is -0.635. The monoisotopic (exact) mass is 476 g/mol. The molecule has 0 bridgehead atoms. The number of rotatable bonds is 6. The molecule has 1 saturated heterocycles. The van der Waals surface area contributed by atoms with Gasteiger partial charge in [-0.2, -0.15) is 0 Å². The molecule has 2 N–H and O–H groups in total. The lowest BCUT2D eigenvalue weighted by atomic mass is 10.2. The fourth-order valence-electron chi connectivity index (χ4n) is 2.38. The maximum Gasteiger partial charge on any atom is 0.344 e.